The second-order valence-electron chi connectivity index (χ2n) is 1.45. The summed E-state index contributed by atoms with van der Waals surface area (Å²) in [5.74, 6) is 0. The van der Waals surface area contributed by atoms with Crippen LogP contribution in [0.4, 0.5) is 0 Å². The SMILES string of the molecule is C.C.CCC(C)OC.II. The molecule has 68 valence electrons. The molecule has 0 rings (SSSR count). The Kier molecular flexibility index (Phi) is 50.5. The van der Waals surface area contributed by atoms with Gasteiger partial charge in [-0.3, -0.25) is 0 Å². The smallest absolute Gasteiger partial charge is 0.0540 e. The van der Waals surface area contributed by atoms with Gasteiger partial charge >= 0.3 is 0 Å². The third kappa shape index (κ3) is 22.7. The van der Waals surface area contributed by atoms with Crippen LogP contribution in [-0.2, 0) is 4.74 Å². The minimum absolute atomic E-state index is 0. The normalized spacial score (nSPS) is 9.30. The summed E-state index contributed by atoms with van der Waals surface area (Å²) in [6.07, 6.45) is 1.54. The molecule has 0 aromatic carbocycles. The van der Waals surface area contributed by atoms with Gasteiger partial charge in [-0.1, -0.05) is 21.8 Å². The van der Waals surface area contributed by atoms with Crippen LogP contribution in [0, 0.1) is 0 Å². The minimum atomic E-state index is 0. The highest BCUT2D eigenvalue weighted by atomic mass is 128. The second kappa shape index (κ2) is 22.4. The third-order valence-electron chi connectivity index (χ3n) is 0.977. The monoisotopic (exact) mass is 374 g/mol. The van der Waals surface area contributed by atoms with Crippen LogP contribution >= 0.6 is 37.2 Å². The molecule has 3 heteroatoms. The molecule has 1 nitrogen and oxygen atoms in total. The Hall–Kier alpha value is 1.42. The summed E-state index contributed by atoms with van der Waals surface area (Å²) in [5.41, 5.74) is 0. The molecule has 0 N–H and O–H groups in total. The second-order valence-corrected chi connectivity index (χ2v) is 1.45. The predicted octanol–water partition coefficient (Wildman–Crippen LogP) is 4.47. The van der Waals surface area contributed by atoms with Gasteiger partial charge in [0.15, 0.2) is 0 Å². The Bertz CT molecular complexity index is 30.8. The summed E-state index contributed by atoms with van der Waals surface area (Å²) in [4.78, 5) is 0. The van der Waals surface area contributed by atoms with Gasteiger partial charge in [0.25, 0.3) is 0 Å². The first-order valence-corrected chi connectivity index (χ1v) is 8.77. The average Bonchev–Trinajstić information content (AvgIpc) is 1.91. The molecule has 0 saturated heterocycles. The van der Waals surface area contributed by atoms with E-state index in [1.54, 1.807) is 7.11 Å². The molecular formula is C7H20I2O. The molecule has 0 bridgehead atoms. The maximum atomic E-state index is 4.90. The van der Waals surface area contributed by atoms with Crippen molar-refractivity contribution in [2.75, 3.05) is 7.11 Å². The minimum Gasteiger partial charge on any atom is -0.382 e. The fraction of sp³-hybridized carbons (Fsp3) is 1.00. The Morgan fingerprint density at radius 3 is 1.60 bits per heavy atom. The lowest BCUT2D eigenvalue weighted by atomic mass is 10.3. The van der Waals surface area contributed by atoms with E-state index in [9.17, 15) is 0 Å². The van der Waals surface area contributed by atoms with Gasteiger partial charge in [0, 0.05) is 44.3 Å². The van der Waals surface area contributed by atoms with Gasteiger partial charge in [-0.2, -0.15) is 0 Å². The van der Waals surface area contributed by atoms with E-state index >= 15 is 0 Å². The molecule has 1 atom stereocenters. The first-order valence-electron chi connectivity index (χ1n) is 2.48. The maximum Gasteiger partial charge on any atom is 0.0540 e. The van der Waals surface area contributed by atoms with Gasteiger partial charge in [-0.15, -0.1) is 0 Å². The molecule has 0 aliphatic carbocycles. The zero-order chi connectivity index (χ0) is 6.99. The van der Waals surface area contributed by atoms with Crippen LogP contribution in [0.1, 0.15) is 35.1 Å². The van der Waals surface area contributed by atoms with Gasteiger partial charge in [0.2, 0.25) is 0 Å². The van der Waals surface area contributed by atoms with Gasteiger partial charge < -0.3 is 4.74 Å². The molecule has 0 aromatic heterocycles. The van der Waals surface area contributed by atoms with Crippen molar-refractivity contribution >= 4 is 37.2 Å². The molecule has 0 aromatic rings. The van der Waals surface area contributed by atoms with E-state index in [1.807, 2.05) is 0 Å². The molecule has 0 radical (unpaired) electrons. The van der Waals surface area contributed by atoms with Crippen molar-refractivity contribution < 1.29 is 4.74 Å². The van der Waals surface area contributed by atoms with Gasteiger partial charge in [-0.05, 0) is 13.3 Å². The van der Waals surface area contributed by atoms with Crippen LogP contribution in [0.2, 0.25) is 0 Å². The summed E-state index contributed by atoms with van der Waals surface area (Å²) in [6, 6.07) is 0. The number of hydrogen-bond donors (Lipinski definition) is 0. The zero-order valence-corrected chi connectivity index (χ0v) is 9.76. The van der Waals surface area contributed by atoms with Crippen molar-refractivity contribution in [3.8, 4) is 0 Å². The Labute approximate surface area is 89.6 Å². The van der Waals surface area contributed by atoms with Crippen molar-refractivity contribution in [1.82, 2.24) is 0 Å². The fourth-order valence-electron chi connectivity index (χ4n) is 0.167. The van der Waals surface area contributed by atoms with Crippen molar-refractivity contribution in [2.24, 2.45) is 0 Å². The van der Waals surface area contributed by atoms with Crippen molar-refractivity contribution in [3.63, 3.8) is 0 Å². The lowest BCUT2D eigenvalue weighted by molar-refractivity contribution is 0.115. The molecule has 0 saturated carbocycles. The summed E-state index contributed by atoms with van der Waals surface area (Å²) in [5, 5.41) is 0. The maximum absolute atomic E-state index is 4.90. The quantitative estimate of drug-likeness (QED) is 0.648. The average molecular weight is 374 g/mol. The van der Waals surface area contributed by atoms with Crippen molar-refractivity contribution in [2.45, 2.75) is 41.2 Å². The molecule has 0 amide bonds. The van der Waals surface area contributed by atoms with Crippen LogP contribution in [-0.4, -0.2) is 13.2 Å². The largest absolute Gasteiger partial charge is 0.382 e. The fourth-order valence-corrected chi connectivity index (χ4v) is 0.167. The molecule has 0 aliphatic heterocycles. The third-order valence-corrected chi connectivity index (χ3v) is 0.977. The van der Waals surface area contributed by atoms with E-state index in [4.69, 9.17) is 4.74 Å². The van der Waals surface area contributed by atoms with Crippen LogP contribution in [0.25, 0.3) is 0 Å². The highest BCUT2D eigenvalue weighted by Gasteiger charge is 1.88. The summed E-state index contributed by atoms with van der Waals surface area (Å²) in [6.45, 7) is 4.16. The first kappa shape index (κ1) is 22.5. The highest BCUT2D eigenvalue weighted by molar-refractivity contribution is 15.0. The first-order chi connectivity index (χ1) is 3.81. The van der Waals surface area contributed by atoms with Crippen molar-refractivity contribution in [1.29, 1.82) is 0 Å². The number of ether oxygens (including phenoxy) is 1. The van der Waals surface area contributed by atoms with E-state index in [0.717, 1.165) is 6.42 Å². The van der Waals surface area contributed by atoms with E-state index in [-0.39, 0.29) is 14.9 Å². The van der Waals surface area contributed by atoms with E-state index in [0.29, 0.717) is 6.10 Å². The number of hydrogen-bond acceptors (Lipinski definition) is 1. The molecule has 0 fully saturated rings. The molecular weight excluding hydrogens is 354 g/mol. The Morgan fingerprint density at radius 2 is 1.60 bits per heavy atom. The van der Waals surface area contributed by atoms with Crippen LogP contribution < -0.4 is 0 Å². The summed E-state index contributed by atoms with van der Waals surface area (Å²) in [7, 11) is 1.73. The predicted molar refractivity (Wildman–Crippen MR) is 68.3 cm³/mol. The van der Waals surface area contributed by atoms with E-state index < -0.39 is 0 Å². The lowest BCUT2D eigenvalue weighted by Gasteiger charge is -2.01. The number of halogens is 2. The van der Waals surface area contributed by atoms with E-state index in [2.05, 4.69) is 51.1 Å². The lowest BCUT2D eigenvalue weighted by Crippen LogP contribution is -2.00. The van der Waals surface area contributed by atoms with Gasteiger partial charge in [-0.25, -0.2) is 0 Å². The number of rotatable bonds is 2. The van der Waals surface area contributed by atoms with Gasteiger partial charge in [0.1, 0.15) is 0 Å². The number of methoxy groups -OCH3 is 1. The Morgan fingerprint density at radius 1 is 1.30 bits per heavy atom. The van der Waals surface area contributed by atoms with Crippen molar-refractivity contribution in [3.05, 3.63) is 0 Å². The topological polar surface area (TPSA) is 9.23 Å². The van der Waals surface area contributed by atoms with Crippen LogP contribution in [0.3, 0.4) is 0 Å². The van der Waals surface area contributed by atoms with Crippen LogP contribution in [0.15, 0.2) is 0 Å². The zero-order valence-electron chi connectivity index (χ0n) is 5.45. The molecule has 10 heavy (non-hydrogen) atoms. The Balaban J connectivity index is -0.0000000412. The van der Waals surface area contributed by atoms with E-state index in [1.165, 1.54) is 0 Å². The molecule has 0 spiro atoms. The summed E-state index contributed by atoms with van der Waals surface area (Å²) < 4.78 is 4.90. The molecule has 0 aliphatic rings. The molecule has 0 heterocycles. The van der Waals surface area contributed by atoms with Gasteiger partial charge in [0.05, 0.1) is 6.10 Å². The molecule has 1 unspecified atom stereocenters. The highest BCUT2D eigenvalue weighted by Crippen LogP contribution is 1.90. The standard InChI is InChI=1S/C5H12O.2CH4.I2/c1-4-5(2)6-3;;;1-2/h5H,4H2,1-3H3;2*1H4;. The van der Waals surface area contributed by atoms with Crippen LogP contribution in [0.5, 0.6) is 0 Å². The summed E-state index contributed by atoms with van der Waals surface area (Å²) >= 11 is 4.24.